The molecule has 3 atom stereocenters. The normalized spacial score (nSPS) is 19.7. The number of allylic oxidation sites excluding steroid dienone is 1. The smallest absolute Gasteiger partial charge is 0.00417 e. The SMILES string of the molecule is C=C(C)C(C)[C@@H](C)[C@@H](C)N. The first kappa shape index (κ1) is 9.70. The van der Waals surface area contributed by atoms with Gasteiger partial charge in [-0.15, -0.1) is 0 Å². The van der Waals surface area contributed by atoms with Crippen molar-refractivity contribution >= 4 is 0 Å². The van der Waals surface area contributed by atoms with Crippen molar-refractivity contribution in [2.45, 2.75) is 33.7 Å². The second kappa shape index (κ2) is 3.77. The summed E-state index contributed by atoms with van der Waals surface area (Å²) in [5, 5.41) is 0. The Labute approximate surface area is 64.3 Å². The summed E-state index contributed by atoms with van der Waals surface area (Å²) in [7, 11) is 0. The maximum Gasteiger partial charge on any atom is 0.00417 e. The first-order chi connectivity index (χ1) is 4.46. The maximum absolute atomic E-state index is 5.73. The molecule has 0 rings (SSSR count). The third kappa shape index (κ3) is 2.53. The fraction of sp³-hybridized carbons (Fsp3) is 0.778. The maximum atomic E-state index is 5.73. The quantitative estimate of drug-likeness (QED) is 0.599. The van der Waals surface area contributed by atoms with Crippen LogP contribution in [0.4, 0.5) is 0 Å². The summed E-state index contributed by atoms with van der Waals surface area (Å²) in [4.78, 5) is 0. The van der Waals surface area contributed by atoms with E-state index in [2.05, 4.69) is 27.4 Å². The van der Waals surface area contributed by atoms with Crippen molar-refractivity contribution in [2.75, 3.05) is 0 Å². The van der Waals surface area contributed by atoms with Gasteiger partial charge in [0.2, 0.25) is 0 Å². The lowest BCUT2D eigenvalue weighted by molar-refractivity contribution is 0.379. The van der Waals surface area contributed by atoms with E-state index < -0.39 is 0 Å². The molecular formula is C9H19N. The molecule has 10 heavy (non-hydrogen) atoms. The van der Waals surface area contributed by atoms with Crippen molar-refractivity contribution in [1.82, 2.24) is 0 Å². The zero-order valence-electron chi connectivity index (χ0n) is 7.52. The molecule has 0 aromatic rings. The lowest BCUT2D eigenvalue weighted by Crippen LogP contribution is -2.29. The summed E-state index contributed by atoms with van der Waals surface area (Å²) < 4.78 is 0. The molecule has 60 valence electrons. The lowest BCUT2D eigenvalue weighted by Gasteiger charge is -2.23. The molecule has 0 aliphatic heterocycles. The first-order valence-corrected chi connectivity index (χ1v) is 3.87. The van der Waals surface area contributed by atoms with E-state index in [1.807, 2.05) is 6.92 Å². The minimum Gasteiger partial charge on any atom is -0.328 e. The molecule has 0 saturated carbocycles. The van der Waals surface area contributed by atoms with Gasteiger partial charge >= 0.3 is 0 Å². The van der Waals surface area contributed by atoms with Gasteiger partial charge in [-0.05, 0) is 25.7 Å². The van der Waals surface area contributed by atoms with Crippen molar-refractivity contribution in [1.29, 1.82) is 0 Å². The number of hydrogen-bond donors (Lipinski definition) is 1. The fourth-order valence-corrected chi connectivity index (χ4v) is 0.904. The summed E-state index contributed by atoms with van der Waals surface area (Å²) in [6, 6.07) is 0.270. The molecule has 0 radical (unpaired) electrons. The van der Waals surface area contributed by atoms with Gasteiger partial charge in [-0.2, -0.15) is 0 Å². The molecule has 0 fully saturated rings. The van der Waals surface area contributed by atoms with E-state index in [0.29, 0.717) is 11.8 Å². The van der Waals surface area contributed by atoms with Crippen LogP contribution in [-0.2, 0) is 0 Å². The Morgan fingerprint density at radius 3 is 1.80 bits per heavy atom. The van der Waals surface area contributed by atoms with Gasteiger partial charge in [0, 0.05) is 6.04 Å². The third-order valence-corrected chi connectivity index (χ3v) is 2.40. The average molecular weight is 141 g/mol. The van der Waals surface area contributed by atoms with Crippen LogP contribution in [0.2, 0.25) is 0 Å². The van der Waals surface area contributed by atoms with Crippen molar-refractivity contribution < 1.29 is 0 Å². The first-order valence-electron chi connectivity index (χ1n) is 3.87. The predicted octanol–water partition coefficient (Wildman–Crippen LogP) is 2.18. The van der Waals surface area contributed by atoms with Gasteiger partial charge in [0.25, 0.3) is 0 Å². The van der Waals surface area contributed by atoms with Crippen LogP contribution in [0.5, 0.6) is 0 Å². The molecule has 0 spiro atoms. The topological polar surface area (TPSA) is 26.0 Å². The van der Waals surface area contributed by atoms with Gasteiger partial charge in [0.15, 0.2) is 0 Å². The molecule has 1 heteroatoms. The average Bonchev–Trinajstić information content (AvgIpc) is 1.84. The Kier molecular flexibility index (Phi) is 3.66. The molecule has 1 nitrogen and oxygen atoms in total. The van der Waals surface area contributed by atoms with Crippen LogP contribution in [0.3, 0.4) is 0 Å². The third-order valence-electron chi connectivity index (χ3n) is 2.40. The summed E-state index contributed by atoms with van der Waals surface area (Å²) in [6.07, 6.45) is 0. The molecule has 0 amide bonds. The highest BCUT2D eigenvalue weighted by Crippen LogP contribution is 2.19. The highest BCUT2D eigenvalue weighted by molar-refractivity contribution is 4.97. The van der Waals surface area contributed by atoms with Crippen LogP contribution >= 0.6 is 0 Å². The Hall–Kier alpha value is -0.300. The van der Waals surface area contributed by atoms with E-state index in [0.717, 1.165) is 0 Å². The van der Waals surface area contributed by atoms with E-state index in [1.165, 1.54) is 5.57 Å². The highest BCUT2D eigenvalue weighted by atomic mass is 14.6. The van der Waals surface area contributed by atoms with Gasteiger partial charge in [0.05, 0.1) is 0 Å². The monoisotopic (exact) mass is 141 g/mol. The zero-order valence-corrected chi connectivity index (χ0v) is 7.52. The minimum absolute atomic E-state index is 0.270. The van der Waals surface area contributed by atoms with E-state index in [-0.39, 0.29) is 6.04 Å². The van der Waals surface area contributed by atoms with Crippen LogP contribution in [-0.4, -0.2) is 6.04 Å². The standard InChI is InChI=1S/C9H19N/c1-6(2)7(3)8(4)9(5)10/h7-9H,1,10H2,2-5H3/t7?,8-,9-/m1/s1. The van der Waals surface area contributed by atoms with Crippen molar-refractivity contribution in [3.63, 3.8) is 0 Å². The van der Waals surface area contributed by atoms with Crippen LogP contribution in [0, 0.1) is 11.8 Å². The molecule has 0 aromatic carbocycles. The van der Waals surface area contributed by atoms with E-state index in [4.69, 9.17) is 5.73 Å². The van der Waals surface area contributed by atoms with Crippen LogP contribution in [0.1, 0.15) is 27.7 Å². The molecule has 0 aromatic heterocycles. The molecule has 2 N–H and O–H groups in total. The molecule has 0 saturated heterocycles. The van der Waals surface area contributed by atoms with Gasteiger partial charge in [0.1, 0.15) is 0 Å². The molecular weight excluding hydrogens is 122 g/mol. The van der Waals surface area contributed by atoms with Crippen LogP contribution < -0.4 is 5.73 Å². The largest absolute Gasteiger partial charge is 0.328 e. The summed E-state index contributed by atoms with van der Waals surface area (Å²) in [6.45, 7) is 12.4. The molecule has 0 aliphatic rings. The number of hydrogen-bond acceptors (Lipinski definition) is 1. The molecule has 0 bridgehead atoms. The second-order valence-electron chi connectivity index (χ2n) is 3.35. The Balaban J connectivity index is 3.94. The lowest BCUT2D eigenvalue weighted by atomic mass is 9.86. The summed E-state index contributed by atoms with van der Waals surface area (Å²) in [5.74, 6) is 1.08. The van der Waals surface area contributed by atoms with E-state index in [9.17, 15) is 0 Å². The Bertz CT molecular complexity index is 116. The highest BCUT2D eigenvalue weighted by Gasteiger charge is 2.15. The molecule has 0 heterocycles. The van der Waals surface area contributed by atoms with Crippen molar-refractivity contribution in [3.8, 4) is 0 Å². The predicted molar refractivity (Wildman–Crippen MR) is 46.8 cm³/mol. The van der Waals surface area contributed by atoms with E-state index in [1.54, 1.807) is 0 Å². The Morgan fingerprint density at radius 2 is 1.70 bits per heavy atom. The Morgan fingerprint density at radius 1 is 1.30 bits per heavy atom. The van der Waals surface area contributed by atoms with Gasteiger partial charge < -0.3 is 5.73 Å². The zero-order chi connectivity index (χ0) is 8.31. The summed E-state index contributed by atoms with van der Waals surface area (Å²) in [5.41, 5.74) is 6.96. The molecule has 0 aliphatic carbocycles. The van der Waals surface area contributed by atoms with Crippen molar-refractivity contribution in [3.05, 3.63) is 12.2 Å². The van der Waals surface area contributed by atoms with Crippen LogP contribution in [0.25, 0.3) is 0 Å². The van der Waals surface area contributed by atoms with Gasteiger partial charge in [-0.1, -0.05) is 26.0 Å². The van der Waals surface area contributed by atoms with Crippen LogP contribution in [0.15, 0.2) is 12.2 Å². The fourth-order valence-electron chi connectivity index (χ4n) is 0.904. The minimum atomic E-state index is 0.270. The van der Waals surface area contributed by atoms with Gasteiger partial charge in [-0.3, -0.25) is 0 Å². The number of rotatable bonds is 3. The number of nitrogens with two attached hydrogens (primary N) is 1. The summed E-state index contributed by atoms with van der Waals surface area (Å²) >= 11 is 0. The van der Waals surface area contributed by atoms with E-state index >= 15 is 0 Å². The second-order valence-corrected chi connectivity index (χ2v) is 3.35. The van der Waals surface area contributed by atoms with Crippen molar-refractivity contribution in [2.24, 2.45) is 17.6 Å². The van der Waals surface area contributed by atoms with Gasteiger partial charge in [-0.25, -0.2) is 0 Å². The molecule has 1 unspecified atom stereocenters.